The summed E-state index contributed by atoms with van der Waals surface area (Å²) in [6, 6.07) is 15.7. The van der Waals surface area contributed by atoms with Crippen molar-refractivity contribution in [2.75, 3.05) is 26.1 Å². The third-order valence-corrected chi connectivity index (χ3v) is 2.65. The molecule has 94 valence electrons. The fourth-order valence-corrected chi connectivity index (χ4v) is 1.73. The number of methoxy groups -OCH3 is 1. The van der Waals surface area contributed by atoms with Crippen LogP contribution in [0.1, 0.15) is 0 Å². The van der Waals surface area contributed by atoms with Gasteiger partial charge in [-0.1, -0.05) is 30.3 Å². The van der Waals surface area contributed by atoms with Crippen molar-refractivity contribution in [2.24, 2.45) is 0 Å². The molecule has 0 aliphatic carbocycles. The highest BCUT2D eigenvalue weighted by molar-refractivity contribution is 5.71. The molecule has 0 radical (unpaired) electrons. The lowest BCUT2D eigenvalue weighted by Crippen LogP contribution is -2.04. The minimum absolute atomic E-state index is 0.544. The minimum atomic E-state index is 0.544. The summed E-state index contributed by atoms with van der Waals surface area (Å²) in [5.41, 5.74) is 8.61. The van der Waals surface area contributed by atoms with Crippen LogP contribution in [0.4, 0.5) is 5.69 Å². The molecule has 0 saturated carbocycles. The van der Waals surface area contributed by atoms with Crippen molar-refractivity contribution in [1.82, 2.24) is 0 Å². The summed E-state index contributed by atoms with van der Waals surface area (Å²) in [6.07, 6.45) is 0. The second-order valence-electron chi connectivity index (χ2n) is 3.96. The molecule has 18 heavy (non-hydrogen) atoms. The maximum absolute atomic E-state index is 5.71. The van der Waals surface area contributed by atoms with Crippen LogP contribution in [0.3, 0.4) is 0 Å². The number of nitrogens with two attached hydrogens (primary N) is 1. The van der Waals surface area contributed by atoms with E-state index >= 15 is 0 Å². The van der Waals surface area contributed by atoms with Crippen molar-refractivity contribution < 1.29 is 9.47 Å². The Morgan fingerprint density at radius 2 is 1.67 bits per heavy atom. The average Bonchev–Trinajstić information content (AvgIpc) is 2.41. The van der Waals surface area contributed by atoms with Crippen LogP contribution in [0.2, 0.25) is 0 Å². The first-order valence-corrected chi connectivity index (χ1v) is 5.88. The Morgan fingerprint density at radius 1 is 0.944 bits per heavy atom. The predicted molar refractivity (Wildman–Crippen MR) is 73.7 cm³/mol. The summed E-state index contributed by atoms with van der Waals surface area (Å²) in [4.78, 5) is 0. The van der Waals surface area contributed by atoms with E-state index in [1.54, 1.807) is 7.11 Å². The topological polar surface area (TPSA) is 44.5 Å². The van der Waals surface area contributed by atoms with Gasteiger partial charge in [0, 0.05) is 18.4 Å². The zero-order valence-electron chi connectivity index (χ0n) is 10.4. The van der Waals surface area contributed by atoms with E-state index in [1.165, 1.54) is 0 Å². The van der Waals surface area contributed by atoms with E-state index in [2.05, 4.69) is 0 Å². The van der Waals surface area contributed by atoms with Gasteiger partial charge in [-0.15, -0.1) is 0 Å². The highest BCUT2D eigenvalue weighted by atomic mass is 16.5. The number of para-hydroxylation sites is 1. The van der Waals surface area contributed by atoms with E-state index in [-0.39, 0.29) is 0 Å². The van der Waals surface area contributed by atoms with Gasteiger partial charge in [0.1, 0.15) is 12.4 Å². The van der Waals surface area contributed by atoms with E-state index in [1.807, 2.05) is 48.5 Å². The highest BCUT2D eigenvalue weighted by Crippen LogP contribution is 2.30. The highest BCUT2D eigenvalue weighted by Gasteiger charge is 2.05. The zero-order chi connectivity index (χ0) is 12.8. The van der Waals surface area contributed by atoms with Gasteiger partial charge >= 0.3 is 0 Å². The summed E-state index contributed by atoms with van der Waals surface area (Å²) < 4.78 is 10.7. The molecular formula is C15H17NO2. The van der Waals surface area contributed by atoms with Gasteiger partial charge in [0.05, 0.1) is 6.61 Å². The first-order valence-electron chi connectivity index (χ1n) is 5.88. The lowest BCUT2D eigenvalue weighted by Gasteiger charge is -2.11. The molecule has 0 spiro atoms. The average molecular weight is 243 g/mol. The van der Waals surface area contributed by atoms with Gasteiger partial charge in [0.2, 0.25) is 0 Å². The number of rotatable bonds is 5. The Labute approximate surface area is 107 Å². The number of benzene rings is 2. The Hall–Kier alpha value is -2.00. The molecule has 2 aromatic carbocycles. The number of ether oxygens (including phenoxy) is 2. The molecule has 0 atom stereocenters. The van der Waals surface area contributed by atoms with E-state index in [0.29, 0.717) is 13.2 Å². The molecular weight excluding hydrogens is 226 g/mol. The smallest absolute Gasteiger partial charge is 0.127 e. The van der Waals surface area contributed by atoms with Crippen molar-refractivity contribution in [3.05, 3.63) is 48.5 Å². The van der Waals surface area contributed by atoms with Gasteiger partial charge < -0.3 is 15.2 Å². The van der Waals surface area contributed by atoms with Crippen molar-refractivity contribution >= 4 is 5.69 Å². The van der Waals surface area contributed by atoms with Crippen LogP contribution < -0.4 is 10.5 Å². The molecule has 0 unspecified atom stereocenters. The molecule has 0 aliphatic rings. The summed E-state index contributed by atoms with van der Waals surface area (Å²) in [7, 11) is 1.66. The molecule has 0 aromatic heterocycles. The van der Waals surface area contributed by atoms with Gasteiger partial charge in [0.25, 0.3) is 0 Å². The molecule has 2 rings (SSSR count). The number of hydrogen-bond donors (Lipinski definition) is 1. The SMILES string of the molecule is COCCOc1ccccc1-c1ccc(N)cc1. The molecule has 0 aliphatic heterocycles. The monoisotopic (exact) mass is 243 g/mol. The Kier molecular flexibility index (Phi) is 4.20. The minimum Gasteiger partial charge on any atom is -0.491 e. The second kappa shape index (κ2) is 6.07. The van der Waals surface area contributed by atoms with Gasteiger partial charge in [-0.05, 0) is 23.8 Å². The van der Waals surface area contributed by atoms with Crippen LogP contribution in [0, 0.1) is 0 Å². The van der Waals surface area contributed by atoms with Gasteiger partial charge in [-0.3, -0.25) is 0 Å². The molecule has 3 heteroatoms. The Morgan fingerprint density at radius 3 is 2.39 bits per heavy atom. The molecule has 0 amide bonds. The molecule has 0 bridgehead atoms. The molecule has 0 saturated heterocycles. The zero-order valence-corrected chi connectivity index (χ0v) is 10.4. The summed E-state index contributed by atoms with van der Waals surface area (Å²) >= 11 is 0. The standard InChI is InChI=1S/C15H17NO2/c1-17-10-11-18-15-5-3-2-4-14(15)12-6-8-13(16)9-7-12/h2-9H,10-11,16H2,1H3. The predicted octanol–water partition coefficient (Wildman–Crippen LogP) is 2.96. The van der Waals surface area contributed by atoms with E-state index in [4.69, 9.17) is 15.2 Å². The van der Waals surface area contributed by atoms with E-state index < -0.39 is 0 Å². The fourth-order valence-electron chi connectivity index (χ4n) is 1.73. The lowest BCUT2D eigenvalue weighted by molar-refractivity contribution is 0.146. The quantitative estimate of drug-likeness (QED) is 0.648. The summed E-state index contributed by atoms with van der Waals surface area (Å²) in [5, 5.41) is 0. The first-order chi connectivity index (χ1) is 8.81. The molecule has 0 fully saturated rings. The first kappa shape index (κ1) is 12.5. The third-order valence-electron chi connectivity index (χ3n) is 2.65. The third kappa shape index (κ3) is 3.02. The van der Waals surface area contributed by atoms with Crippen LogP contribution in [-0.4, -0.2) is 20.3 Å². The van der Waals surface area contributed by atoms with Crippen LogP contribution in [0.5, 0.6) is 5.75 Å². The van der Waals surface area contributed by atoms with Crippen molar-refractivity contribution in [2.45, 2.75) is 0 Å². The van der Waals surface area contributed by atoms with Crippen LogP contribution in [0.15, 0.2) is 48.5 Å². The van der Waals surface area contributed by atoms with Gasteiger partial charge in [-0.25, -0.2) is 0 Å². The van der Waals surface area contributed by atoms with Crippen LogP contribution >= 0.6 is 0 Å². The van der Waals surface area contributed by atoms with Crippen LogP contribution in [-0.2, 0) is 4.74 Å². The normalized spacial score (nSPS) is 10.3. The summed E-state index contributed by atoms with van der Waals surface area (Å²) in [5.74, 6) is 0.860. The van der Waals surface area contributed by atoms with Crippen molar-refractivity contribution in [3.63, 3.8) is 0 Å². The van der Waals surface area contributed by atoms with Gasteiger partial charge in [-0.2, -0.15) is 0 Å². The summed E-state index contributed by atoms with van der Waals surface area (Å²) in [6.45, 7) is 1.12. The van der Waals surface area contributed by atoms with Crippen molar-refractivity contribution in [3.8, 4) is 16.9 Å². The van der Waals surface area contributed by atoms with E-state index in [0.717, 1.165) is 22.6 Å². The fraction of sp³-hybridized carbons (Fsp3) is 0.200. The molecule has 2 aromatic rings. The Balaban J connectivity index is 2.23. The molecule has 0 heterocycles. The number of anilines is 1. The van der Waals surface area contributed by atoms with E-state index in [9.17, 15) is 0 Å². The number of nitrogen functional groups attached to an aromatic ring is 1. The number of hydrogen-bond acceptors (Lipinski definition) is 3. The van der Waals surface area contributed by atoms with Crippen LogP contribution in [0.25, 0.3) is 11.1 Å². The second-order valence-corrected chi connectivity index (χ2v) is 3.96. The largest absolute Gasteiger partial charge is 0.491 e. The van der Waals surface area contributed by atoms with Gasteiger partial charge in [0.15, 0.2) is 0 Å². The maximum atomic E-state index is 5.71. The lowest BCUT2D eigenvalue weighted by atomic mass is 10.0. The molecule has 2 N–H and O–H groups in total. The Bertz CT molecular complexity index is 494. The van der Waals surface area contributed by atoms with Crippen molar-refractivity contribution in [1.29, 1.82) is 0 Å². The molecule has 3 nitrogen and oxygen atoms in total. The maximum Gasteiger partial charge on any atom is 0.127 e.